The van der Waals surface area contributed by atoms with Gasteiger partial charge in [0.15, 0.2) is 0 Å². The summed E-state index contributed by atoms with van der Waals surface area (Å²) in [4.78, 5) is 27.9. The fourth-order valence-electron chi connectivity index (χ4n) is 3.84. The van der Waals surface area contributed by atoms with E-state index < -0.39 is 28.5 Å². The minimum Gasteiger partial charge on any atom is -0.352 e. The number of hydrogen-bond acceptors (Lipinski definition) is 4. The molecule has 35 heavy (non-hydrogen) atoms. The van der Waals surface area contributed by atoms with E-state index in [2.05, 4.69) is 21.2 Å². The maximum atomic E-state index is 13.7. The van der Waals surface area contributed by atoms with Crippen molar-refractivity contribution in [1.82, 2.24) is 10.2 Å². The predicted molar refractivity (Wildman–Crippen MR) is 144 cm³/mol. The molecule has 2 amide bonds. The molecule has 1 atom stereocenters. The van der Waals surface area contributed by atoms with Gasteiger partial charge < -0.3 is 10.2 Å². The van der Waals surface area contributed by atoms with Gasteiger partial charge in [-0.25, -0.2) is 8.42 Å². The van der Waals surface area contributed by atoms with E-state index in [1.54, 1.807) is 19.1 Å². The van der Waals surface area contributed by atoms with Gasteiger partial charge in [0.05, 0.1) is 11.9 Å². The minimum absolute atomic E-state index is 0.101. The Morgan fingerprint density at radius 3 is 2.29 bits per heavy atom. The highest BCUT2D eigenvalue weighted by atomic mass is 79.9. The number of sulfonamides is 1. The number of nitrogens with one attached hydrogen (secondary N) is 1. The Labute approximate surface area is 215 Å². The van der Waals surface area contributed by atoms with Gasteiger partial charge in [0.25, 0.3) is 0 Å². The normalized spacial score (nSPS) is 12.4. The van der Waals surface area contributed by atoms with Crippen LogP contribution >= 0.6 is 15.9 Å². The van der Waals surface area contributed by atoms with Crippen LogP contribution in [-0.4, -0.2) is 50.0 Å². The van der Waals surface area contributed by atoms with E-state index in [4.69, 9.17) is 0 Å². The molecule has 0 unspecified atom stereocenters. The van der Waals surface area contributed by atoms with Crippen LogP contribution in [0.15, 0.2) is 71.2 Å². The SMILES string of the molecule is CC(C)NC(=O)[C@H](C)N(Cc1cccc(Br)c1)C(=O)CN(c1cccc2ccccc12)S(C)(=O)=O. The first kappa shape index (κ1) is 26.7. The highest BCUT2D eigenvalue weighted by Crippen LogP contribution is 2.28. The Kier molecular flexibility index (Phi) is 8.56. The highest BCUT2D eigenvalue weighted by molar-refractivity contribution is 9.10. The lowest BCUT2D eigenvalue weighted by Gasteiger charge is -2.32. The van der Waals surface area contributed by atoms with Crippen molar-refractivity contribution in [2.45, 2.75) is 39.4 Å². The topological polar surface area (TPSA) is 86.8 Å². The monoisotopic (exact) mass is 559 g/mol. The van der Waals surface area contributed by atoms with Gasteiger partial charge in [-0.1, -0.05) is 64.5 Å². The number of fused-ring (bicyclic) bond motifs is 1. The summed E-state index contributed by atoms with van der Waals surface area (Å²) in [7, 11) is -3.80. The Morgan fingerprint density at radius 2 is 1.63 bits per heavy atom. The fraction of sp³-hybridized carbons (Fsp3) is 0.308. The van der Waals surface area contributed by atoms with E-state index in [-0.39, 0.29) is 18.5 Å². The third-order valence-corrected chi connectivity index (χ3v) is 7.17. The number of halogens is 1. The van der Waals surface area contributed by atoms with Crippen molar-refractivity contribution < 1.29 is 18.0 Å². The molecule has 7 nitrogen and oxygen atoms in total. The number of rotatable bonds is 9. The smallest absolute Gasteiger partial charge is 0.244 e. The number of carbonyl (C=O) groups excluding carboxylic acids is 2. The number of hydrogen-bond donors (Lipinski definition) is 1. The Hall–Kier alpha value is -2.91. The van der Waals surface area contributed by atoms with E-state index >= 15 is 0 Å². The number of amides is 2. The molecule has 0 saturated carbocycles. The van der Waals surface area contributed by atoms with Crippen LogP contribution in [0, 0.1) is 0 Å². The maximum absolute atomic E-state index is 13.7. The van der Waals surface area contributed by atoms with Crippen molar-refractivity contribution >= 4 is 54.2 Å². The van der Waals surface area contributed by atoms with Gasteiger partial charge in [0, 0.05) is 22.4 Å². The lowest BCUT2D eigenvalue weighted by atomic mass is 10.1. The molecular formula is C26H30BrN3O4S. The standard InChI is InChI=1S/C26H30BrN3O4S/c1-18(2)28-26(32)19(3)29(16-20-9-7-12-22(27)15-20)25(31)17-30(35(4,33)34)24-14-8-11-21-10-5-6-13-23(21)24/h5-15,18-19H,16-17H2,1-4H3,(H,28,32)/t19-/m0/s1. The summed E-state index contributed by atoms with van der Waals surface area (Å²) in [6.45, 7) is 5.06. The third-order valence-electron chi connectivity index (χ3n) is 5.55. The van der Waals surface area contributed by atoms with Crippen LogP contribution in [-0.2, 0) is 26.2 Å². The molecule has 0 aliphatic heterocycles. The molecule has 186 valence electrons. The third kappa shape index (κ3) is 6.82. The van der Waals surface area contributed by atoms with Crippen molar-refractivity contribution in [3.8, 4) is 0 Å². The molecule has 0 aliphatic carbocycles. The molecule has 0 spiro atoms. The van der Waals surface area contributed by atoms with Crippen LogP contribution in [0.25, 0.3) is 10.8 Å². The van der Waals surface area contributed by atoms with E-state index in [0.29, 0.717) is 5.69 Å². The molecule has 9 heteroatoms. The van der Waals surface area contributed by atoms with E-state index in [1.165, 1.54) is 4.90 Å². The molecule has 1 N–H and O–H groups in total. The second kappa shape index (κ2) is 11.2. The predicted octanol–water partition coefficient (Wildman–Crippen LogP) is 4.31. The Balaban J connectivity index is 2.00. The minimum atomic E-state index is -3.80. The first-order valence-electron chi connectivity index (χ1n) is 11.3. The second-order valence-corrected chi connectivity index (χ2v) is 11.6. The molecule has 3 aromatic carbocycles. The summed E-state index contributed by atoms with van der Waals surface area (Å²) in [5.41, 5.74) is 1.23. The molecular weight excluding hydrogens is 530 g/mol. The van der Waals surface area contributed by atoms with Gasteiger partial charge in [0.1, 0.15) is 12.6 Å². The molecule has 0 radical (unpaired) electrons. The van der Waals surface area contributed by atoms with Gasteiger partial charge in [-0.05, 0) is 49.9 Å². The molecule has 0 saturated heterocycles. The molecule has 0 heterocycles. The van der Waals surface area contributed by atoms with Crippen LogP contribution in [0.3, 0.4) is 0 Å². The Morgan fingerprint density at radius 1 is 0.971 bits per heavy atom. The molecule has 3 rings (SSSR count). The average molecular weight is 561 g/mol. The van der Waals surface area contributed by atoms with Gasteiger partial charge in [-0.15, -0.1) is 0 Å². The van der Waals surface area contributed by atoms with Crippen molar-refractivity contribution in [2.75, 3.05) is 17.1 Å². The summed E-state index contributed by atoms with van der Waals surface area (Å²) in [5, 5.41) is 4.42. The molecule has 3 aromatic rings. The molecule has 0 aliphatic rings. The quantitative estimate of drug-likeness (QED) is 0.423. The van der Waals surface area contributed by atoms with E-state index in [0.717, 1.165) is 31.4 Å². The van der Waals surface area contributed by atoms with Crippen LogP contribution in [0.2, 0.25) is 0 Å². The summed E-state index contributed by atoms with van der Waals surface area (Å²) in [5.74, 6) is -0.783. The van der Waals surface area contributed by atoms with Crippen LogP contribution in [0.5, 0.6) is 0 Å². The van der Waals surface area contributed by atoms with Gasteiger partial charge in [0.2, 0.25) is 21.8 Å². The first-order chi connectivity index (χ1) is 16.5. The number of benzene rings is 3. The second-order valence-electron chi connectivity index (χ2n) is 8.76. The Bertz CT molecular complexity index is 1320. The number of anilines is 1. The van der Waals surface area contributed by atoms with Gasteiger partial charge >= 0.3 is 0 Å². The zero-order chi connectivity index (χ0) is 25.8. The molecule has 0 fully saturated rings. The van der Waals surface area contributed by atoms with Crippen LogP contribution < -0.4 is 9.62 Å². The van der Waals surface area contributed by atoms with Crippen molar-refractivity contribution in [2.24, 2.45) is 0 Å². The lowest BCUT2D eigenvalue weighted by molar-refractivity contribution is -0.139. The summed E-state index contributed by atoms with van der Waals surface area (Å²) < 4.78 is 27.7. The van der Waals surface area contributed by atoms with Crippen LogP contribution in [0.4, 0.5) is 5.69 Å². The largest absolute Gasteiger partial charge is 0.352 e. The summed E-state index contributed by atoms with van der Waals surface area (Å²) in [6.07, 6.45) is 1.08. The van der Waals surface area contributed by atoms with Gasteiger partial charge in [-0.2, -0.15) is 0 Å². The highest BCUT2D eigenvalue weighted by Gasteiger charge is 2.30. The number of carbonyl (C=O) groups is 2. The van der Waals surface area contributed by atoms with Crippen LogP contribution in [0.1, 0.15) is 26.3 Å². The van der Waals surface area contributed by atoms with Gasteiger partial charge in [-0.3, -0.25) is 13.9 Å². The lowest BCUT2D eigenvalue weighted by Crippen LogP contribution is -2.52. The van der Waals surface area contributed by atoms with Crippen molar-refractivity contribution in [1.29, 1.82) is 0 Å². The van der Waals surface area contributed by atoms with E-state index in [1.807, 2.05) is 68.4 Å². The summed E-state index contributed by atoms with van der Waals surface area (Å²) >= 11 is 3.44. The van der Waals surface area contributed by atoms with Crippen molar-refractivity contribution in [3.63, 3.8) is 0 Å². The van der Waals surface area contributed by atoms with E-state index in [9.17, 15) is 18.0 Å². The zero-order valence-electron chi connectivity index (χ0n) is 20.2. The number of nitrogens with zero attached hydrogens (tertiary/aromatic N) is 2. The average Bonchev–Trinajstić information content (AvgIpc) is 2.79. The first-order valence-corrected chi connectivity index (χ1v) is 13.9. The maximum Gasteiger partial charge on any atom is 0.244 e. The molecule has 0 aromatic heterocycles. The fourth-order valence-corrected chi connectivity index (χ4v) is 5.15. The van der Waals surface area contributed by atoms with Crippen molar-refractivity contribution in [3.05, 3.63) is 76.8 Å². The zero-order valence-corrected chi connectivity index (χ0v) is 22.6. The summed E-state index contributed by atoms with van der Waals surface area (Å²) in [6, 6.07) is 19.3. The molecule has 0 bridgehead atoms.